The maximum absolute atomic E-state index is 10.9. The molecule has 1 aliphatic heterocycles. The van der Waals surface area contributed by atoms with E-state index in [1.165, 1.54) is 32.1 Å². The second kappa shape index (κ2) is 5.05. The molecule has 0 aromatic carbocycles. The Bertz CT molecular complexity index is 231. The van der Waals surface area contributed by atoms with Crippen LogP contribution in [0.2, 0.25) is 0 Å². The molecule has 0 amide bonds. The van der Waals surface area contributed by atoms with Crippen LogP contribution in [0.15, 0.2) is 0 Å². The largest absolute Gasteiger partial charge is 0.388 e. The summed E-state index contributed by atoms with van der Waals surface area (Å²) < 4.78 is 0. The minimum absolute atomic E-state index is 0.360. The fourth-order valence-electron chi connectivity index (χ4n) is 3.85. The van der Waals surface area contributed by atoms with Gasteiger partial charge in [0.05, 0.1) is 5.60 Å². The van der Waals surface area contributed by atoms with Gasteiger partial charge in [-0.15, -0.1) is 0 Å². The zero-order valence-electron chi connectivity index (χ0n) is 10.8. The van der Waals surface area contributed by atoms with Crippen LogP contribution in [0.25, 0.3) is 0 Å². The van der Waals surface area contributed by atoms with Crippen LogP contribution in [-0.4, -0.2) is 23.3 Å². The lowest BCUT2D eigenvalue weighted by Crippen LogP contribution is -2.56. The molecule has 2 nitrogen and oxygen atoms in total. The lowest BCUT2D eigenvalue weighted by molar-refractivity contribution is -0.0472. The number of piperidine rings is 1. The van der Waals surface area contributed by atoms with Crippen molar-refractivity contribution in [1.82, 2.24) is 5.32 Å². The highest BCUT2D eigenvalue weighted by molar-refractivity contribution is 5.02. The summed E-state index contributed by atoms with van der Waals surface area (Å²) in [5.41, 5.74) is -0.400. The van der Waals surface area contributed by atoms with E-state index in [2.05, 4.69) is 19.2 Å². The first kappa shape index (κ1) is 12.4. The van der Waals surface area contributed by atoms with Crippen molar-refractivity contribution < 1.29 is 5.11 Å². The van der Waals surface area contributed by atoms with Crippen LogP contribution in [0.5, 0.6) is 0 Å². The Morgan fingerprint density at radius 1 is 1.25 bits per heavy atom. The molecule has 1 aliphatic carbocycles. The van der Waals surface area contributed by atoms with Crippen LogP contribution in [0, 0.1) is 11.8 Å². The van der Waals surface area contributed by atoms with Crippen molar-refractivity contribution in [2.24, 2.45) is 11.8 Å². The zero-order valence-corrected chi connectivity index (χ0v) is 10.8. The van der Waals surface area contributed by atoms with Gasteiger partial charge in [0.25, 0.3) is 0 Å². The average Bonchev–Trinajstić information content (AvgIpc) is 2.72. The Morgan fingerprint density at radius 2 is 2.06 bits per heavy atom. The summed E-state index contributed by atoms with van der Waals surface area (Å²) in [5.74, 6) is 1.36. The normalized spacial score (nSPS) is 44.8. The monoisotopic (exact) mass is 225 g/mol. The zero-order chi connectivity index (χ0) is 11.6. The minimum Gasteiger partial charge on any atom is -0.388 e. The average molecular weight is 225 g/mol. The van der Waals surface area contributed by atoms with Crippen LogP contribution in [0.3, 0.4) is 0 Å². The van der Waals surface area contributed by atoms with Gasteiger partial charge >= 0.3 is 0 Å². The van der Waals surface area contributed by atoms with Gasteiger partial charge < -0.3 is 10.4 Å². The SMILES string of the molecule is CCC1CCNC(C2(O)CCCC2CC)C1. The van der Waals surface area contributed by atoms with Gasteiger partial charge in [0.2, 0.25) is 0 Å². The molecule has 0 aromatic heterocycles. The molecular formula is C14H27NO. The molecule has 2 fully saturated rings. The Balaban J connectivity index is 2.04. The van der Waals surface area contributed by atoms with Gasteiger partial charge in [-0.25, -0.2) is 0 Å². The number of hydrogen-bond donors (Lipinski definition) is 2. The molecule has 2 heteroatoms. The van der Waals surface area contributed by atoms with Crippen molar-refractivity contribution in [3.63, 3.8) is 0 Å². The second-order valence-electron chi connectivity index (χ2n) is 5.79. The van der Waals surface area contributed by atoms with E-state index in [1.807, 2.05) is 0 Å². The quantitative estimate of drug-likeness (QED) is 0.774. The first-order chi connectivity index (χ1) is 7.70. The van der Waals surface area contributed by atoms with Crippen molar-refractivity contribution in [3.8, 4) is 0 Å². The van der Waals surface area contributed by atoms with E-state index in [1.54, 1.807) is 0 Å². The van der Waals surface area contributed by atoms with E-state index in [0.717, 1.165) is 25.3 Å². The van der Waals surface area contributed by atoms with Gasteiger partial charge in [-0.1, -0.05) is 33.1 Å². The maximum Gasteiger partial charge on any atom is 0.0827 e. The standard InChI is InChI=1S/C14H27NO/c1-3-11-7-9-15-13(10-11)14(16)8-5-6-12(14)4-2/h11-13,15-16H,3-10H2,1-2H3. The van der Waals surface area contributed by atoms with Crippen molar-refractivity contribution in [1.29, 1.82) is 0 Å². The summed E-state index contributed by atoms with van der Waals surface area (Å²) >= 11 is 0. The Morgan fingerprint density at radius 3 is 2.75 bits per heavy atom. The van der Waals surface area contributed by atoms with E-state index in [0.29, 0.717) is 12.0 Å². The third-order valence-electron chi connectivity index (χ3n) is 5.02. The molecule has 4 atom stereocenters. The Kier molecular flexibility index (Phi) is 3.91. The fourth-order valence-corrected chi connectivity index (χ4v) is 3.85. The molecule has 0 spiro atoms. The molecule has 0 aromatic rings. The van der Waals surface area contributed by atoms with Crippen LogP contribution in [0.1, 0.15) is 58.8 Å². The molecule has 1 saturated carbocycles. The van der Waals surface area contributed by atoms with Gasteiger partial charge in [0.15, 0.2) is 0 Å². The van der Waals surface area contributed by atoms with Crippen LogP contribution < -0.4 is 5.32 Å². The number of hydrogen-bond acceptors (Lipinski definition) is 2. The lowest BCUT2D eigenvalue weighted by Gasteiger charge is -2.42. The molecule has 94 valence electrons. The Labute approximate surface area is 99.8 Å². The van der Waals surface area contributed by atoms with Crippen molar-refractivity contribution in [3.05, 3.63) is 0 Å². The van der Waals surface area contributed by atoms with Gasteiger partial charge in [0.1, 0.15) is 0 Å². The number of nitrogens with one attached hydrogen (secondary N) is 1. The highest BCUT2D eigenvalue weighted by Gasteiger charge is 2.47. The first-order valence-electron chi connectivity index (χ1n) is 7.16. The smallest absolute Gasteiger partial charge is 0.0827 e. The topological polar surface area (TPSA) is 32.3 Å². The summed E-state index contributed by atoms with van der Waals surface area (Å²) in [6.07, 6.45) is 8.32. The summed E-state index contributed by atoms with van der Waals surface area (Å²) in [7, 11) is 0. The second-order valence-corrected chi connectivity index (χ2v) is 5.79. The van der Waals surface area contributed by atoms with E-state index in [-0.39, 0.29) is 0 Å². The minimum atomic E-state index is -0.400. The lowest BCUT2D eigenvalue weighted by atomic mass is 9.76. The summed E-state index contributed by atoms with van der Waals surface area (Å²) in [4.78, 5) is 0. The number of aliphatic hydroxyl groups is 1. The van der Waals surface area contributed by atoms with E-state index in [4.69, 9.17) is 0 Å². The highest BCUT2D eigenvalue weighted by atomic mass is 16.3. The predicted molar refractivity (Wildman–Crippen MR) is 67.4 cm³/mol. The van der Waals surface area contributed by atoms with Crippen molar-refractivity contribution in [2.45, 2.75) is 70.4 Å². The molecule has 2 N–H and O–H groups in total. The van der Waals surface area contributed by atoms with Gasteiger partial charge in [0, 0.05) is 6.04 Å². The molecule has 0 radical (unpaired) electrons. The maximum atomic E-state index is 10.9. The molecule has 1 saturated heterocycles. The fraction of sp³-hybridized carbons (Fsp3) is 1.00. The molecule has 4 unspecified atom stereocenters. The number of rotatable bonds is 3. The van der Waals surface area contributed by atoms with Gasteiger partial charge in [-0.2, -0.15) is 0 Å². The van der Waals surface area contributed by atoms with E-state index >= 15 is 0 Å². The third-order valence-corrected chi connectivity index (χ3v) is 5.02. The van der Waals surface area contributed by atoms with Crippen molar-refractivity contribution in [2.75, 3.05) is 6.54 Å². The van der Waals surface area contributed by atoms with Gasteiger partial charge in [-0.3, -0.25) is 0 Å². The first-order valence-corrected chi connectivity index (χ1v) is 7.16. The van der Waals surface area contributed by atoms with Crippen molar-refractivity contribution >= 4 is 0 Å². The van der Waals surface area contributed by atoms with E-state index < -0.39 is 5.60 Å². The molecule has 0 bridgehead atoms. The summed E-state index contributed by atoms with van der Waals surface area (Å²) in [5, 5.41) is 14.5. The van der Waals surface area contributed by atoms with Crippen LogP contribution >= 0.6 is 0 Å². The Hall–Kier alpha value is -0.0800. The van der Waals surface area contributed by atoms with Crippen LogP contribution in [-0.2, 0) is 0 Å². The van der Waals surface area contributed by atoms with E-state index in [9.17, 15) is 5.11 Å². The molecule has 16 heavy (non-hydrogen) atoms. The predicted octanol–water partition coefficient (Wildman–Crippen LogP) is 2.71. The third kappa shape index (κ3) is 2.14. The van der Waals surface area contributed by atoms with Crippen LogP contribution in [0.4, 0.5) is 0 Å². The van der Waals surface area contributed by atoms with Gasteiger partial charge in [-0.05, 0) is 44.1 Å². The molecule has 2 rings (SSSR count). The molecule has 2 aliphatic rings. The highest BCUT2D eigenvalue weighted by Crippen LogP contribution is 2.42. The summed E-state index contributed by atoms with van der Waals surface area (Å²) in [6, 6.07) is 0.360. The summed E-state index contributed by atoms with van der Waals surface area (Å²) in [6.45, 7) is 5.60. The molecular weight excluding hydrogens is 198 g/mol. The molecule has 1 heterocycles.